The summed E-state index contributed by atoms with van der Waals surface area (Å²) in [7, 11) is -3.53. The molecule has 2 aliphatic rings. The Kier molecular flexibility index (Phi) is 6.78. The molecule has 27 heavy (non-hydrogen) atoms. The minimum Gasteiger partial charge on any atom is -0.354 e. The highest BCUT2D eigenvalue weighted by Gasteiger charge is 2.32. The number of nitrogens with zero attached hydrogens (tertiary/aromatic N) is 2. The van der Waals surface area contributed by atoms with Crippen molar-refractivity contribution in [3.8, 4) is 0 Å². The number of benzene rings is 1. The summed E-state index contributed by atoms with van der Waals surface area (Å²) in [4.78, 5) is 15.2. The number of nitrogens with one attached hydrogen (secondary N) is 1. The maximum Gasteiger partial charge on any atom is 0.243 e. The monoisotopic (exact) mass is 413 g/mol. The van der Waals surface area contributed by atoms with E-state index in [1.807, 2.05) is 0 Å². The van der Waals surface area contributed by atoms with E-state index in [0.717, 1.165) is 19.5 Å². The number of halogens is 1. The van der Waals surface area contributed by atoms with Crippen molar-refractivity contribution in [1.29, 1.82) is 0 Å². The third-order valence-corrected chi connectivity index (χ3v) is 7.86. The fraction of sp³-hybridized carbons (Fsp3) is 0.632. The molecule has 2 aliphatic heterocycles. The minimum absolute atomic E-state index is 0.0569. The Morgan fingerprint density at radius 1 is 1.15 bits per heavy atom. The molecule has 150 valence electrons. The van der Waals surface area contributed by atoms with Crippen molar-refractivity contribution in [3.05, 3.63) is 29.3 Å². The second-order valence-electron chi connectivity index (χ2n) is 7.30. The van der Waals surface area contributed by atoms with Crippen LogP contribution in [0, 0.1) is 5.92 Å². The van der Waals surface area contributed by atoms with Gasteiger partial charge in [0.25, 0.3) is 0 Å². The average Bonchev–Trinajstić information content (AvgIpc) is 3.14. The molecule has 3 rings (SSSR count). The lowest BCUT2D eigenvalue weighted by Crippen LogP contribution is -2.45. The maximum atomic E-state index is 12.7. The van der Waals surface area contributed by atoms with Crippen LogP contribution in [0.5, 0.6) is 0 Å². The zero-order valence-corrected chi connectivity index (χ0v) is 17.3. The van der Waals surface area contributed by atoms with Gasteiger partial charge in [0, 0.05) is 36.6 Å². The summed E-state index contributed by atoms with van der Waals surface area (Å²) < 4.78 is 26.9. The van der Waals surface area contributed by atoms with Gasteiger partial charge < -0.3 is 5.32 Å². The molecule has 1 N–H and O–H groups in total. The lowest BCUT2D eigenvalue weighted by atomic mass is 9.97. The number of hydrogen-bond donors (Lipinski definition) is 1. The SMILES string of the molecule is CCN1CCC[C@@H]1CNC(=O)C1CCN(S(=O)(=O)c2ccc(Cl)cc2)CC1. The van der Waals surface area contributed by atoms with E-state index in [1.54, 1.807) is 12.1 Å². The number of carbonyl (C=O) groups excluding carboxylic acids is 1. The first kappa shape index (κ1) is 20.6. The van der Waals surface area contributed by atoms with Crippen molar-refractivity contribution >= 4 is 27.5 Å². The van der Waals surface area contributed by atoms with Gasteiger partial charge in [-0.15, -0.1) is 0 Å². The summed E-state index contributed by atoms with van der Waals surface area (Å²) >= 11 is 5.84. The van der Waals surface area contributed by atoms with E-state index in [1.165, 1.54) is 22.9 Å². The number of amides is 1. The van der Waals surface area contributed by atoms with E-state index in [2.05, 4.69) is 17.1 Å². The lowest BCUT2D eigenvalue weighted by molar-refractivity contribution is -0.126. The van der Waals surface area contributed by atoms with E-state index in [0.29, 0.717) is 43.5 Å². The highest BCUT2D eigenvalue weighted by Crippen LogP contribution is 2.25. The van der Waals surface area contributed by atoms with Gasteiger partial charge >= 0.3 is 0 Å². The predicted octanol–water partition coefficient (Wildman–Crippen LogP) is 2.34. The number of rotatable bonds is 6. The smallest absolute Gasteiger partial charge is 0.243 e. The van der Waals surface area contributed by atoms with Crippen LogP contribution in [0.4, 0.5) is 0 Å². The Hall–Kier alpha value is -1.15. The normalized spacial score (nSPS) is 22.8. The first-order valence-electron chi connectivity index (χ1n) is 9.69. The minimum atomic E-state index is -3.53. The van der Waals surface area contributed by atoms with Gasteiger partial charge in [-0.3, -0.25) is 9.69 Å². The molecule has 2 saturated heterocycles. The molecule has 1 amide bonds. The molecule has 1 aromatic carbocycles. The molecule has 2 heterocycles. The van der Waals surface area contributed by atoms with Gasteiger partial charge in [0.05, 0.1) is 4.90 Å². The molecule has 0 unspecified atom stereocenters. The average molecular weight is 414 g/mol. The number of likely N-dealkylation sites (N-methyl/N-ethyl adjacent to an activating group) is 1. The molecular weight excluding hydrogens is 386 g/mol. The number of hydrogen-bond acceptors (Lipinski definition) is 4. The molecule has 0 aliphatic carbocycles. The maximum absolute atomic E-state index is 12.7. The molecule has 1 aromatic rings. The third kappa shape index (κ3) is 4.83. The summed E-state index contributed by atoms with van der Waals surface area (Å²) in [5.41, 5.74) is 0. The molecule has 1 atom stereocenters. The highest BCUT2D eigenvalue weighted by molar-refractivity contribution is 7.89. The fourth-order valence-electron chi connectivity index (χ4n) is 4.02. The molecule has 0 saturated carbocycles. The predicted molar refractivity (Wildman–Crippen MR) is 106 cm³/mol. The largest absolute Gasteiger partial charge is 0.354 e. The number of sulfonamides is 1. The van der Waals surface area contributed by atoms with Gasteiger partial charge in [-0.25, -0.2) is 8.42 Å². The molecule has 0 bridgehead atoms. The van der Waals surface area contributed by atoms with Crippen LogP contribution in [0.2, 0.25) is 5.02 Å². The standard InChI is InChI=1S/C19H28ClN3O3S/c1-2-22-11-3-4-17(22)14-21-19(24)15-9-12-23(13-10-15)27(25,26)18-7-5-16(20)6-8-18/h5-8,15,17H,2-4,9-14H2,1H3,(H,21,24)/t17-/m1/s1. The molecule has 0 spiro atoms. The van der Waals surface area contributed by atoms with Gasteiger partial charge in [-0.1, -0.05) is 18.5 Å². The van der Waals surface area contributed by atoms with E-state index in [-0.39, 0.29) is 16.7 Å². The third-order valence-electron chi connectivity index (χ3n) is 5.69. The molecule has 2 fully saturated rings. The van der Waals surface area contributed by atoms with Crippen LogP contribution >= 0.6 is 11.6 Å². The first-order valence-corrected chi connectivity index (χ1v) is 11.5. The fourth-order valence-corrected chi connectivity index (χ4v) is 5.62. The molecule has 0 radical (unpaired) electrons. The van der Waals surface area contributed by atoms with Crippen molar-refractivity contribution in [1.82, 2.24) is 14.5 Å². The Labute approximate surface area is 166 Å². The summed E-state index contributed by atoms with van der Waals surface area (Å²) in [5, 5.41) is 3.59. The van der Waals surface area contributed by atoms with E-state index in [4.69, 9.17) is 11.6 Å². The Bertz CT molecular complexity index is 746. The van der Waals surface area contributed by atoms with E-state index in [9.17, 15) is 13.2 Å². The van der Waals surface area contributed by atoms with Crippen LogP contribution in [0.3, 0.4) is 0 Å². The van der Waals surface area contributed by atoms with Gasteiger partial charge in [0.1, 0.15) is 0 Å². The van der Waals surface area contributed by atoms with Crippen LogP contribution in [0.1, 0.15) is 32.6 Å². The van der Waals surface area contributed by atoms with Gasteiger partial charge in [0.2, 0.25) is 15.9 Å². The molecule has 8 heteroatoms. The number of carbonyl (C=O) groups is 1. The van der Waals surface area contributed by atoms with Crippen LogP contribution in [0.25, 0.3) is 0 Å². The molecular formula is C19H28ClN3O3S. The Morgan fingerprint density at radius 3 is 2.44 bits per heavy atom. The van der Waals surface area contributed by atoms with Crippen molar-refractivity contribution in [3.63, 3.8) is 0 Å². The Morgan fingerprint density at radius 2 is 1.81 bits per heavy atom. The van der Waals surface area contributed by atoms with Crippen molar-refractivity contribution in [2.45, 2.75) is 43.5 Å². The lowest BCUT2D eigenvalue weighted by Gasteiger charge is -2.31. The second kappa shape index (κ2) is 8.90. The summed E-state index contributed by atoms with van der Waals surface area (Å²) in [6, 6.07) is 6.65. The van der Waals surface area contributed by atoms with Crippen LogP contribution in [0.15, 0.2) is 29.2 Å². The van der Waals surface area contributed by atoms with Crippen LogP contribution < -0.4 is 5.32 Å². The quantitative estimate of drug-likeness (QED) is 0.777. The zero-order chi connectivity index (χ0) is 19.4. The summed E-state index contributed by atoms with van der Waals surface area (Å²) in [6.45, 7) is 5.70. The van der Waals surface area contributed by atoms with E-state index >= 15 is 0 Å². The Balaban J connectivity index is 1.50. The van der Waals surface area contributed by atoms with Gasteiger partial charge in [-0.05, 0) is 63.0 Å². The van der Waals surface area contributed by atoms with E-state index < -0.39 is 10.0 Å². The molecule has 0 aromatic heterocycles. The number of piperidine rings is 1. The van der Waals surface area contributed by atoms with Crippen LogP contribution in [-0.4, -0.2) is 62.3 Å². The second-order valence-corrected chi connectivity index (χ2v) is 9.68. The highest BCUT2D eigenvalue weighted by atomic mass is 35.5. The topological polar surface area (TPSA) is 69.7 Å². The molecule has 6 nitrogen and oxygen atoms in total. The van der Waals surface area contributed by atoms with Crippen molar-refractivity contribution in [2.75, 3.05) is 32.7 Å². The van der Waals surface area contributed by atoms with Crippen LogP contribution in [-0.2, 0) is 14.8 Å². The van der Waals surface area contributed by atoms with Gasteiger partial charge in [0.15, 0.2) is 0 Å². The summed E-state index contributed by atoms with van der Waals surface area (Å²) in [5.74, 6) is -0.0559. The first-order chi connectivity index (χ1) is 12.9. The summed E-state index contributed by atoms with van der Waals surface area (Å²) in [6.07, 6.45) is 3.43. The van der Waals surface area contributed by atoms with Gasteiger partial charge in [-0.2, -0.15) is 4.31 Å². The zero-order valence-electron chi connectivity index (χ0n) is 15.7. The number of likely N-dealkylation sites (tertiary alicyclic amines) is 1. The van der Waals surface area contributed by atoms with Crippen molar-refractivity contribution < 1.29 is 13.2 Å². The van der Waals surface area contributed by atoms with Crippen molar-refractivity contribution in [2.24, 2.45) is 5.92 Å².